The molecule has 1 aromatic heterocycles. The molecule has 1 aromatic carbocycles. The molecule has 6 nitrogen and oxygen atoms in total. The van der Waals surface area contributed by atoms with E-state index in [0.717, 1.165) is 18.5 Å². The molecule has 0 saturated carbocycles. The van der Waals surface area contributed by atoms with Crippen LogP contribution in [-0.2, 0) is 17.4 Å². The van der Waals surface area contributed by atoms with Gasteiger partial charge in [0, 0.05) is 36.4 Å². The normalized spacial score (nSPS) is 18.0. The molecule has 4 rings (SSSR count). The van der Waals surface area contributed by atoms with E-state index >= 15 is 0 Å². The monoisotopic (exact) mass is 378 g/mol. The molecular weight excluding hydrogens is 361 g/mol. The molecule has 2 aromatic rings. The zero-order chi connectivity index (χ0) is 19.2. The number of aromatic amines is 1. The summed E-state index contributed by atoms with van der Waals surface area (Å²) in [6.07, 6.45) is -2.14. The number of rotatable bonds is 2. The van der Waals surface area contributed by atoms with Crippen LogP contribution in [0.4, 0.5) is 24.5 Å². The van der Waals surface area contributed by atoms with Crippen LogP contribution >= 0.6 is 0 Å². The molecule has 2 amide bonds. The van der Waals surface area contributed by atoms with Gasteiger partial charge in [0.1, 0.15) is 5.69 Å². The minimum absolute atomic E-state index is 0.0682. The van der Waals surface area contributed by atoms with Crippen molar-refractivity contribution in [2.75, 3.05) is 22.9 Å². The molecule has 2 aliphatic rings. The van der Waals surface area contributed by atoms with Crippen LogP contribution in [-0.4, -0.2) is 35.1 Å². The van der Waals surface area contributed by atoms with Crippen molar-refractivity contribution in [2.24, 2.45) is 0 Å². The summed E-state index contributed by atoms with van der Waals surface area (Å²) in [5, 5.41) is 5.54. The molecule has 1 fully saturated rings. The van der Waals surface area contributed by atoms with Crippen LogP contribution in [0.15, 0.2) is 24.3 Å². The van der Waals surface area contributed by atoms with Gasteiger partial charge in [-0.2, -0.15) is 18.3 Å². The van der Waals surface area contributed by atoms with E-state index in [1.807, 2.05) is 5.10 Å². The Morgan fingerprint density at radius 1 is 0.926 bits per heavy atom. The maximum Gasteiger partial charge on any atom is 0.433 e. The number of benzene rings is 1. The van der Waals surface area contributed by atoms with Gasteiger partial charge in [-0.25, -0.2) is 0 Å². The number of aromatic nitrogens is 2. The second kappa shape index (κ2) is 6.40. The number of piperidine rings is 1. The Morgan fingerprint density at radius 3 is 2.22 bits per heavy atom. The number of hydrogen-bond donors (Lipinski definition) is 1. The lowest BCUT2D eigenvalue weighted by molar-refractivity contribution is -0.141. The van der Waals surface area contributed by atoms with E-state index < -0.39 is 17.8 Å². The molecule has 27 heavy (non-hydrogen) atoms. The van der Waals surface area contributed by atoms with Crippen molar-refractivity contribution >= 4 is 23.2 Å². The van der Waals surface area contributed by atoms with E-state index in [9.17, 15) is 22.8 Å². The molecule has 0 atom stereocenters. The van der Waals surface area contributed by atoms with Crippen molar-refractivity contribution in [1.82, 2.24) is 10.2 Å². The minimum atomic E-state index is -4.56. The fraction of sp³-hybridized carbons (Fsp3) is 0.389. The summed E-state index contributed by atoms with van der Waals surface area (Å²) in [5.74, 6) is -0.492. The number of amides is 2. The van der Waals surface area contributed by atoms with E-state index in [2.05, 4.69) is 5.10 Å². The van der Waals surface area contributed by atoms with Crippen molar-refractivity contribution in [3.63, 3.8) is 0 Å². The Kier molecular flexibility index (Phi) is 4.16. The van der Waals surface area contributed by atoms with Crippen LogP contribution in [0.25, 0.3) is 0 Å². The highest BCUT2D eigenvalue weighted by atomic mass is 19.4. The number of alkyl halides is 3. The number of carbonyl (C=O) groups excluding carboxylic acids is 2. The molecule has 3 heterocycles. The highest BCUT2D eigenvalue weighted by Gasteiger charge is 2.41. The van der Waals surface area contributed by atoms with Gasteiger partial charge in [-0.1, -0.05) is 0 Å². The van der Waals surface area contributed by atoms with Gasteiger partial charge in [-0.3, -0.25) is 14.7 Å². The average Bonchev–Trinajstić information content (AvgIpc) is 3.08. The van der Waals surface area contributed by atoms with E-state index in [4.69, 9.17) is 0 Å². The smallest absolute Gasteiger partial charge is 0.312 e. The lowest BCUT2D eigenvalue weighted by atomic mass is 10.0. The molecule has 9 heteroatoms. The minimum Gasteiger partial charge on any atom is -0.312 e. The third kappa shape index (κ3) is 3.07. The number of hydrogen-bond acceptors (Lipinski definition) is 3. The van der Waals surface area contributed by atoms with E-state index in [1.165, 1.54) is 4.90 Å². The first-order valence-electron chi connectivity index (χ1n) is 8.73. The quantitative estimate of drug-likeness (QED) is 0.873. The molecule has 2 aliphatic heterocycles. The van der Waals surface area contributed by atoms with Gasteiger partial charge in [0.05, 0.1) is 0 Å². The van der Waals surface area contributed by atoms with Gasteiger partial charge in [-0.05, 0) is 43.5 Å². The van der Waals surface area contributed by atoms with E-state index in [-0.39, 0.29) is 30.1 Å². The summed E-state index contributed by atoms with van der Waals surface area (Å²) in [6.45, 7) is 0.800. The van der Waals surface area contributed by atoms with Crippen LogP contribution in [0, 0.1) is 0 Å². The summed E-state index contributed by atoms with van der Waals surface area (Å²) in [5.41, 5.74) is 0.0933. The Hall–Kier alpha value is -2.84. The highest BCUT2D eigenvalue weighted by Crippen LogP contribution is 2.35. The SMILES string of the molecule is O=C1CCCCN1c1ccc(N2CCc3c(n[nH]c3C(F)(F)F)C2=O)cc1. The van der Waals surface area contributed by atoms with Crippen LogP contribution in [0.1, 0.15) is 41.0 Å². The zero-order valence-corrected chi connectivity index (χ0v) is 14.3. The first-order valence-corrected chi connectivity index (χ1v) is 8.73. The number of halogens is 3. The fourth-order valence-corrected chi connectivity index (χ4v) is 3.61. The maximum atomic E-state index is 13.0. The Morgan fingerprint density at radius 2 is 1.59 bits per heavy atom. The summed E-state index contributed by atoms with van der Waals surface area (Å²) in [4.78, 5) is 27.7. The lowest BCUT2D eigenvalue weighted by Crippen LogP contribution is -2.38. The van der Waals surface area contributed by atoms with Gasteiger partial charge < -0.3 is 9.80 Å². The lowest BCUT2D eigenvalue weighted by Gasteiger charge is -2.29. The zero-order valence-electron chi connectivity index (χ0n) is 14.3. The first kappa shape index (κ1) is 17.6. The van der Waals surface area contributed by atoms with E-state index in [0.29, 0.717) is 18.7 Å². The molecule has 1 saturated heterocycles. The standard InChI is InChI=1S/C18H17F3N4O2/c19-18(20,21)16-13-8-10-25(17(27)15(13)22-23-16)12-6-4-11(5-7-12)24-9-2-1-3-14(24)26/h4-7H,1-3,8-10H2,(H,22,23). The van der Waals surface area contributed by atoms with Gasteiger partial charge in [0.2, 0.25) is 5.91 Å². The largest absolute Gasteiger partial charge is 0.433 e. The summed E-state index contributed by atoms with van der Waals surface area (Å²) in [7, 11) is 0. The molecule has 1 N–H and O–H groups in total. The average molecular weight is 378 g/mol. The predicted molar refractivity (Wildman–Crippen MR) is 91.6 cm³/mol. The van der Waals surface area contributed by atoms with Gasteiger partial charge in [-0.15, -0.1) is 0 Å². The van der Waals surface area contributed by atoms with Gasteiger partial charge in [0.15, 0.2) is 5.69 Å². The van der Waals surface area contributed by atoms with Crippen LogP contribution in [0.2, 0.25) is 0 Å². The number of fused-ring (bicyclic) bond motifs is 1. The highest BCUT2D eigenvalue weighted by molar-refractivity contribution is 6.07. The molecule has 0 aliphatic carbocycles. The number of anilines is 2. The van der Waals surface area contributed by atoms with Crippen LogP contribution < -0.4 is 9.80 Å². The molecule has 142 valence electrons. The number of H-pyrrole nitrogens is 1. The first-order chi connectivity index (χ1) is 12.9. The summed E-state index contributed by atoms with van der Waals surface area (Å²) >= 11 is 0. The molecule has 0 unspecified atom stereocenters. The molecule has 0 spiro atoms. The Balaban J connectivity index is 1.57. The topological polar surface area (TPSA) is 69.3 Å². The Bertz CT molecular complexity index is 889. The summed E-state index contributed by atoms with van der Waals surface area (Å²) < 4.78 is 38.9. The van der Waals surface area contributed by atoms with E-state index in [1.54, 1.807) is 29.2 Å². The summed E-state index contributed by atoms with van der Waals surface area (Å²) in [6, 6.07) is 6.93. The molecular formula is C18H17F3N4O2. The van der Waals surface area contributed by atoms with Crippen LogP contribution in [0.5, 0.6) is 0 Å². The van der Waals surface area contributed by atoms with Crippen molar-refractivity contribution in [3.8, 4) is 0 Å². The van der Waals surface area contributed by atoms with Gasteiger partial charge in [0.25, 0.3) is 5.91 Å². The third-order valence-electron chi connectivity index (χ3n) is 4.98. The van der Waals surface area contributed by atoms with Gasteiger partial charge >= 0.3 is 6.18 Å². The third-order valence-corrected chi connectivity index (χ3v) is 4.98. The maximum absolute atomic E-state index is 13.0. The predicted octanol–water partition coefficient (Wildman–Crippen LogP) is 3.15. The second-order valence-electron chi connectivity index (χ2n) is 6.65. The second-order valence-corrected chi connectivity index (χ2v) is 6.65. The van der Waals surface area contributed by atoms with Crippen LogP contribution in [0.3, 0.4) is 0 Å². The molecule has 0 bridgehead atoms. The fourth-order valence-electron chi connectivity index (χ4n) is 3.61. The molecule has 0 radical (unpaired) electrons. The Labute approximate surface area is 152 Å². The number of nitrogens with one attached hydrogen (secondary N) is 1. The number of nitrogens with zero attached hydrogens (tertiary/aromatic N) is 3. The number of carbonyl (C=O) groups is 2. The van der Waals surface area contributed by atoms with Crippen molar-refractivity contribution < 1.29 is 22.8 Å². The van der Waals surface area contributed by atoms with Crippen molar-refractivity contribution in [3.05, 3.63) is 41.2 Å². The van der Waals surface area contributed by atoms with Crippen molar-refractivity contribution in [1.29, 1.82) is 0 Å². The van der Waals surface area contributed by atoms with Crippen molar-refractivity contribution in [2.45, 2.75) is 31.9 Å².